The molecule has 0 unspecified atom stereocenters. The summed E-state index contributed by atoms with van der Waals surface area (Å²) in [5.74, 6) is 0.512. The standard InChI is InChI=1S/C16H21N3O3/c1-11-9-22-14(17-11)12-6-5-7-13(8-12)18-15(20)19(4)10-16(2,3)21/h5-9,21H,10H2,1-4H3,(H,18,20). The molecule has 0 aliphatic rings. The average Bonchev–Trinajstić information content (AvgIpc) is 2.84. The Balaban J connectivity index is 2.09. The number of aryl methyl sites for hydroxylation is 1. The zero-order valence-corrected chi connectivity index (χ0v) is 13.3. The molecule has 0 fully saturated rings. The molecule has 0 aliphatic carbocycles. The van der Waals surface area contributed by atoms with Crippen molar-refractivity contribution in [1.82, 2.24) is 9.88 Å². The Morgan fingerprint density at radius 1 is 1.45 bits per heavy atom. The maximum atomic E-state index is 12.1. The minimum Gasteiger partial charge on any atom is -0.444 e. The molecule has 0 aliphatic heterocycles. The van der Waals surface area contributed by atoms with Gasteiger partial charge in [0.25, 0.3) is 0 Å². The number of carbonyl (C=O) groups is 1. The van der Waals surface area contributed by atoms with E-state index in [-0.39, 0.29) is 12.6 Å². The van der Waals surface area contributed by atoms with Gasteiger partial charge in [-0.1, -0.05) is 6.07 Å². The van der Waals surface area contributed by atoms with Crippen molar-refractivity contribution in [3.63, 3.8) is 0 Å². The molecule has 2 N–H and O–H groups in total. The predicted octanol–water partition coefficient (Wildman–Crippen LogP) is 2.88. The molecule has 1 heterocycles. The number of aromatic nitrogens is 1. The van der Waals surface area contributed by atoms with E-state index < -0.39 is 5.60 Å². The van der Waals surface area contributed by atoms with Crippen LogP contribution in [-0.2, 0) is 0 Å². The number of rotatable bonds is 4. The lowest BCUT2D eigenvalue weighted by Gasteiger charge is -2.25. The first-order chi connectivity index (χ1) is 10.2. The molecule has 0 saturated carbocycles. The highest BCUT2D eigenvalue weighted by Gasteiger charge is 2.19. The third kappa shape index (κ3) is 4.33. The highest BCUT2D eigenvalue weighted by molar-refractivity contribution is 5.89. The Morgan fingerprint density at radius 3 is 2.77 bits per heavy atom. The Bertz CT molecular complexity index is 659. The van der Waals surface area contributed by atoms with Gasteiger partial charge < -0.3 is 19.7 Å². The third-order valence-corrected chi connectivity index (χ3v) is 2.95. The SMILES string of the molecule is Cc1coc(-c2cccc(NC(=O)N(C)CC(C)(C)O)c2)n1. The van der Waals surface area contributed by atoms with E-state index in [1.54, 1.807) is 39.3 Å². The molecule has 0 spiro atoms. The van der Waals surface area contributed by atoms with E-state index in [0.29, 0.717) is 11.6 Å². The van der Waals surface area contributed by atoms with Crippen molar-refractivity contribution in [2.24, 2.45) is 0 Å². The summed E-state index contributed by atoms with van der Waals surface area (Å²) >= 11 is 0. The number of nitrogens with zero attached hydrogens (tertiary/aromatic N) is 2. The predicted molar refractivity (Wildman–Crippen MR) is 84.6 cm³/mol. The van der Waals surface area contributed by atoms with Crippen LogP contribution in [0.5, 0.6) is 0 Å². The van der Waals surface area contributed by atoms with E-state index in [1.807, 2.05) is 19.1 Å². The zero-order chi connectivity index (χ0) is 16.3. The molecule has 6 nitrogen and oxygen atoms in total. The van der Waals surface area contributed by atoms with E-state index in [2.05, 4.69) is 10.3 Å². The topological polar surface area (TPSA) is 78.6 Å². The molecule has 0 radical (unpaired) electrons. The zero-order valence-electron chi connectivity index (χ0n) is 13.3. The maximum absolute atomic E-state index is 12.1. The summed E-state index contributed by atoms with van der Waals surface area (Å²) in [7, 11) is 1.63. The molecular formula is C16H21N3O3. The summed E-state index contributed by atoms with van der Waals surface area (Å²) in [6.45, 7) is 5.40. The molecule has 2 aromatic rings. The lowest BCUT2D eigenvalue weighted by Crippen LogP contribution is -2.41. The Hall–Kier alpha value is -2.34. The molecular weight excluding hydrogens is 282 g/mol. The fourth-order valence-electron chi connectivity index (χ4n) is 2.09. The van der Waals surface area contributed by atoms with Crippen molar-refractivity contribution in [3.8, 4) is 11.5 Å². The first kappa shape index (κ1) is 16.0. The number of likely N-dealkylation sites (N-methyl/N-ethyl adjacent to an activating group) is 1. The van der Waals surface area contributed by atoms with E-state index in [9.17, 15) is 9.90 Å². The van der Waals surface area contributed by atoms with Gasteiger partial charge in [-0.25, -0.2) is 9.78 Å². The van der Waals surface area contributed by atoms with Gasteiger partial charge in [0.2, 0.25) is 5.89 Å². The number of anilines is 1. The largest absolute Gasteiger partial charge is 0.444 e. The van der Waals surface area contributed by atoms with Gasteiger partial charge in [-0.15, -0.1) is 0 Å². The number of oxazole rings is 1. The number of hydrogen-bond donors (Lipinski definition) is 2. The summed E-state index contributed by atoms with van der Waals surface area (Å²) < 4.78 is 5.36. The Morgan fingerprint density at radius 2 is 2.18 bits per heavy atom. The molecule has 0 bridgehead atoms. The molecule has 1 aromatic heterocycles. The van der Waals surface area contributed by atoms with Crippen LogP contribution in [-0.4, -0.2) is 40.2 Å². The minimum absolute atomic E-state index is 0.234. The highest BCUT2D eigenvalue weighted by Crippen LogP contribution is 2.22. The molecule has 1 aromatic carbocycles. The quantitative estimate of drug-likeness (QED) is 0.910. The van der Waals surface area contributed by atoms with Gasteiger partial charge in [-0.05, 0) is 39.0 Å². The first-order valence-corrected chi connectivity index (χ1v) is 7.02. The van der Waals surface area contributed by atoms with E-state index in [1.165, 1.54) is 4.90 Å². The van der Waals surface area contributed by atoms with Gasteiger partial charge in [0.15, 0.2) is 0 Å². The van der Waals surface area contributed by atoms with Crippen molar-refractivity contribution >= 4 is 11.7 Å². The lowest BCUT2D eigenvalue weighted by molar-refractivity contribution is 0.0550. The van der Waals surface area contributed by atoms with Crippen molar-refractivity contribution in [3.05, 3.63) is 36.2 Å². The van der Waals surface area contributed by atoms with Crippen LogP contribution in [0.25, 0.3) is 11.5 Å². The summed E-state index contributed by atoms with van der Waals surface area (Å²) in [5.41, 5.74) is 1.29. The molecule has 2 amide bonds. The Kier molecular flexibility index (Phi) is 4.51. The molecule has 22 heavy (non-hydrogen) atoms. The number of urea groups is 1. The lowest BCUT2D eigenvalue weighted by atomic mass is 10.1. The van der Waals surface area contributed by atoms with Crippen molar-refractivity contribution in [2.75, 3.05) is 18.9 Å². The normalized spacial score (nSPS) is 11.3. The van der Waals surface area contributed by atoms with Gasteiger partial charge in [-0.3, -0.25) is 0 Å². The van der Waals surface area contributed by atoms with Crippen molar-refractivity contribution in [2.45, 2.75) is 26.4 Å². The smallest absolute Gasteiger partial charge is 0.321 e. The van der Waals surface area contributed by atoms with Crippen molar-refractivity contribution < 1.29 is 14.3 Å². The van der Waals surface area contributed by atoms with Crippen LogP contribution < -0.4 is 5.32 Å². The summed E-state index contributed by atoms with van der Waals surface area (Å²) in [4.78, 5) is 17.8. The summed E-state index contributed by atoms with van der Waals surface area (Å²) in [6, 6.07) is 6.97. The number of nitrogens with one attached hydrogen (secondary N) is 1. The van der Waals surface area contributed by atoms with Crippen molar-refractivity contribution in [1.29, 1.82) is 0 Å². The fourth-order valence-corrected chi connectivity index (χ4v) is 2.09. The summed E-state index contributed by atoms with van der Waals surface area (Å²) in [6.07, 6.45) is 1.58. The van der Waals surface area contributed by atoms with Crippen LogP contribution in [0.15, 0.2) is 34.9 Å². The first-order valence-electron chi connectivity index (χ1n) is 7.02. The summed E-state index contributed by atoms with van der Waals surface area (Å²) in [5, 5.41) is 12.5. The maximum Gasteiger partial charge on any atom is 0.321 e. The molecule has 2 rings (SSSR count). The monoisotopic (exact) mass is 303 g/mol. The van der Waals surface area contributed by atoms with Gasteiger partial charge in [0, 0.05) is 18.3 Å². The molecule has 6 heteroatoms. The molecule has 0 atom stereocenters. The second kappa shape index (κ2) is 6.19. The van der Waals surface area contributed by atoms with E-state index >= 15 is 0 Å². The van der Waals surface area contributed by atoms with Crippen LogP contribution in [0.1, 0.15) is 19.5 Å². The molecule has 0 saturated heterocycles. The number of benzene rings is 1. The van der Waals surface area contributed by atoms with Gasteiger partial charge in [-0.2, -0.15) is 0 Å². The number of carbonyl (C=O) groups excluding carboxylic acids is 1. The number of hydrogen-bond acceptors (Lipinski definition) is 4. The van der Waals surface area contributed by atoms with E-state index in [4.69, 9.17) is 4.42 Å². The van der Waals surface area contributed by atoms with Crippen LogP contribution in [0.2, 0.25) is 0 Å². The van der Waals surface area contributed by atoms with Crippen LogP contribution >= 0.6 is 0 Å². The number of aliphatic hydroxyl groups is 1. The van der Waals surface area contributed by atoms with Gasteiger partial charge >= 0.3 is 6.03 Å². The van der Waals surface area contributed by atoms with Crippen LogP contribution in [0.4, 0.5) is 10.5 Å². The second-order valence-electron chi connectivity index (χ2n) is 5.97. The second-order valence-corrected chi connectivity index (χ2v) is 5.97. The highest BCUT2D eigenvalue weighted by atomic mass is 16.3. The van der Waals surface area contributed by atoms with E-state index in [0.717, 1.165) is 11.3 Å². The fraction of sp³-hybridized carbons (Fsp3) is 0.375. The van der Waals surface area contributed by atoms with Crippen LogP contribution in [0, 0.1) is 6.92 Å². The average molecular weight is 303 g/mol. The molecule has 118 valence electrons. The van der Waals surface area contributed by atoms with Gasteiger partial charge in [0.1, 0.15) is 6.26 Å². The number of amides is 2. The van der Waals surface area contributed by atoms with Crippen LogP contribution in [0.3, 0.4) is 0 Å². The minimum atomic E-state index is -0.941. The third-order valence-electron chi connectivity index (χ3n) is 2.95. The Labute approximate surface area is 129 Å². The van der Waals surface area contributed by atoms with Gasteiger partial charge in [0.05, 0.1) is 17.8 Å².